The molecule has 1 aromatic rings. The zero-order valence-corrected chi connectivity index (χ0v) is 14.4. The number of carbonyl (C=O) groups is 1. The molecule has 2 saturated heterocycles. The number of hydrogen-bond acceptors (Lipinski definition) is 4. The Balaban J connectivity index is 1.43. The Labute approximate surface area is 144 Å². The van der Waals surface area contributed by atoms with Crippen molar-refractivity contribution in [3.63, 3.8) is 0 Å². The summed E-state index contributed by atoms with van der Waals surface area (Å²) in [7, 11) is 2.02. The van der Waals surface area contributed by atoms with E-state index in [1.807, 2.05) is 18.0 Å². The van der Waals surface area contributed by atoms with Gasteiger partial charge in [0, 0.05) is 52.4 Å². The molecule has 0 spiro atoms. The lowest BCUT2D eigenvalue weighted by Crippen LogP contribution is -2.46. The number of aliphatic hydroxyl groups is 1. The zero-order chi connectivity index (χ0) is 17.0. The van der Waals surface area contributed by atoms with Crippen molar-refractivity contribution in [2.75, 3.05) is 52.9 Å². The number of benzene rings is 1. The lowest BCUT2D eigenvalue weighted by Gasteiger charge is -2.30. The van der Waals surface area contributed by atoms with Crippen LogP contribution in [0.25, 0.3) is 0 Å². The maximum absolute atomic E-state index is 11.6. The molecule has 6 heteroatoms. The summed E-state index contributed by atoms with van der Waals surface area (Å²) in [4.78, 5) is 17.8. The van der Waals surface area contributed by atoms with E-state index in [1.165, 1.54) is 5.56 Å². The molecule has 24 heavy (non-hydrogen) atoms. The molecule has 132 valence electrons. The van der Waals surface area contributed by atoms with Crippen molar-refractivity contribution in [3.05, 3.63) is 35.9 Å². The van der Waals surface area contributed by atoms with E-state index in [1.54, 1.807) is 0 Å². The van der Waals surface area contributed by atoms with Gasteiger partial charge in [0.2, 0.25) is 0 Å². The predicted octanol–water partition coefficient (Wildman–Crippen LogP) is 0.580. The molecule has 1 unspecified atom stereocenters. The van der Waals surface area contributed by atoms with Gasteiger partial charge in [-0.3, -0.25) is 4.90 Å². The summed E-state index contributed by atoms with van der Waals surface area (Å²) < 4.78 is 0. The molecule has 0 bridgehead atoms. The van der Waals surface area contributed by atoms with E-state index in [4.69, 9.17) is 0 Å². The van der Waals surface area contributed by atoms with Gasteiger partial charge in [0.05, 0.1) is 5.60 Å². The average molecular weight is 332 g/mol. The van der Waals surface area contributed by atoms with Crippen LogP contribution in [-0.2, 0) is 6.54 Å². The van der Waals surface area contributed by atoms with Gasteiger partial charge >= 0.3 is 6.03 Å². The van der Waals surface area contributed by atoms with E-state index < -0.39 is 5.60 Å². The minimum atomic E-state index is -0.656. The molecule has 0 radical (unpaired) electrons. The molecular weight excluding hydrogens is 304 g/mol. The van der Waals surface area contributed by atoms with Crippen LogP contribution in [0.5, 0.6) is 0 Å². The molecule has 1 atom stereocenters. The molecule has 0 aliphatic carbocycles. The number of nitrogens with one attached hydrogen (secondary N) is 1. The van der Waals surface area contributed by atoms with Gasteiger partial charge < -0.3 is 20.2 Å². The number of likely N-dealkylation sites (tertiary alicyclic amines) is 1. The van der Waals surface area contributed by atoms with Crippen LogP contribution in [0.4, 0.5) is 4.79 Å². The summed E-state index contributed by atoms with van der Waals surface area (Å²) in [6, 6.07) is 10.4. The number of hydrogen-bond donors (Lipinski definition) is 2. The van der Waals surface area contributed by atoms with E-state index in [9.17, 15) is 9.90 Å². The first-order valence-electron chi connectivity index (χ1n) is 8.74. The highest BCUT2D eigenvalue weighted by atomic mass is 16.3. The third-order valence-electron chi connectivity index (χ3n) is 4.92. The number of likely N-dealkylation sites (N-methyl/N-ethyl adjacent to an activating group) is 1. The normalized spacial score (nSPS) is 24.8. The third-order valence-corrected chi connectivity index (χ3v) is 4.92. The number of carbonyl (C=O) groups excluding carboxylic acids is 1. The van der Waals surface area contributed by atoms with Gasteiger partial charge in [-0.1, -0.05) is 30.3 Å². The monoisotopic (exact) mass is 332 g/mol. The Hall–Kier alpha value is -1.63. The van der Waals surface area contributed by atoms with E-state index >= 15 is 0 Å². The van der Waals surface area contributed by atoms with Gasteiger partial charge in [0.25, 0.3) is 0 Å². The first-order valence-corrected chi connectivity index (χ1v) is 8.74. The molecule has 0 saturated carbocycles. The number of urea groups is 1. The van der Waals surface area contributed by atoms with E-state index in [2.05, 4.69) is 39.4 Å². The molecule has 1 aromatic carbocycles. The van der Waals surface area contributed by atoms with Gasteiger partial charge in [0.1, 0.15) is 0 Å². The smallest absolute Gasteiger partial charge is 0.317 e. The Kier molecular flexibility index (Phi) is 5.38. The molecular formula is C18H28N4O2. The lowest BCUT2D eigenvalue weighted by molar-refractivity contribution is 0.0171. The van der Waals surface area contributed by atoms with Crippen LogP contribution in [-0.4, -0.2) is 84.3 Å². The Bertz CT molecular complexity index is 553. The van der Waals surface area contributed by atoms with Gasteiger partial charge in [-0.15, -0.1) is 0 Å². The Morgan fingerprint density at radius 3 is 2.79 bits per heavy atom. The van der Waals surface area contributed by atoms with Crippen LogP contribution in [0.1, 0.15) is 12.0 Å². The highest BCUT2D eigenvalue weighted by Gasteiger charge is 2.36. The fourth-order valence-electron chi connectivity index (χ4n) is 3.64. The summed E-state index contributed by atoms with van der Waals surface area (Å²) >= 11 is 0. The number of rotatable bonds is 7. The van der Waals surface area contributed by atoms with Crippen LogP contribution in [0.2, 0.25) is 0 Å². The number of amides is 2. The molecule has 2 N–H and O–H groups in total. The standard InChI is InChI=1S/C18H28N4O2/c1-20(11-12-22-10-8-19-17(22)23)14-18(24)7-9-21(15-18)13-16-5-3-2-4-6-16/h2-6,24H,7-15H2,1H3,(H,19,23). The largest absolute Gasteiger partial charge is 0.387 e. The van der Waals surface area contributed by atoms with E-state index in [-0.39, 0.29) is 6.03 Å². The van der Waals surface area contributed by atoms with Gasteiger partial charge in [-0.25, -0.2) is 4.79 Å². The van der Waals surface area contributed by atoms with Gasteiger partial charge in [-0.05, 0) is 19.0 Å². The van der Waals surface area contributed by atoms with Crippen molar-refractivity contribution in [2.45, 2.75) is 18.6 Å². The molecule has 0 aromatic heterocycles. The van der Waals surface area contributed by atoms with Crippen molar-refractivity contribution >= 4 is 6.03 Å². The van der Waals surface area contributed by atoms with E-state index in [0.29, 0.717) is 19.6 Å². The average Bonchev–Trinajstić information content (AvgIpc) is 3.12. The van der Waals surface area contributed by atoms with E-state index in [0.717, 1.165) is 39.1 Å². The van der Waals surface area contributed by atoms with Crippen LogP contribution in [0, 0.1) is 0 Å². The van der Waals surface area contributed by atoms with Crippen LogP contribution < -0.4 is 5.32 Å². The minimum Gasteiger partial charge on any atom is -0.387 e. The lowest BCUT2D eigenvalue weighted by atomic mass is 10.0. The Morgan fingerprint density at radius 2 is 2.08 bits per heavy atom. The number of nitrogens with zero attached hydrogens (tertiary/aromatic N) is 3. The molecule has 2 aliphatic rings. The second kappa shape index (κ2) is 7.51. The summed E-state index contributed by atoms with van der Waals surface area (Å²) in [5.74, 6) is 0. The fraction of sp³-hybridized carbons (Fsp3) is 0.611. The Morgan fingerprint density at radius 1 is 1.29 bits per heavy atom. The molecule has 3 rings (SSSR count). The minimum absolute atomic E-state index is 0.0250. The van der Waals surface area contributed by atoms with Gasteiger partial charge in [-0.2, -0.15) is 0 Å². The zero-order valence-electron chi connectivity index (χ0n) is 14.4. The van der Waals surface area contributed by atoms with Crippen molar-refractivity contribution in [2.24, 2.45) is 0 Å². The molecule has 2 fully saturated rings. The first-order chi connectivity index (χ1) is 11.5. The second-order valence-corrected chi connectivity index (χ2v) is 7.13. The second-order valence-electron chi connectivity index (χ2n) is 7.13. The van der Waals surface area contributed by atoms with Crippen molar-refractivity contribution in [3.8, 4) is 0 Å². The summed E-state index contributed by atoms with van der Waals surface area (Å²) in [6.07, 6.45) is 0.800. The quantitative estimate of drug-likeness (QED) is 0.767. The highest BCUT2D eigenvalue weighted by Crippen LogP contribution is 2.23. The van der Waals surface area contributed by atoms with Crippen LogP contribution in [0.3, 0.4) is 0 Å². The van der Waals surface area contributed by atoms with Crippen LogP contribution >= 0.6 is 0 Å². The topological polar surface area (TPSA) is 59.1 Å². The first kappa shape index (κ1) is 17.2. The summed E-state index contributed by atoms with van der Waals surface area (Å²) in [6.45, 7) is 6.18. The molecule has 2 amide bonds. The van der Waals surface area contributed by atoms with Crippen molar-refractivity contribution < 1.29 is 9.90 Å². The maximum atomic E-state index is 11.6. The van der Waals surface area contributed by atoms with Crippen LogP contribution in [0.15, 0.2) is 30.3 Å². The molecule has 6 nitrogen and oxygen atoms in total. The highest BCUT2D eigenvalue weighted by molar-refractivity contribution is 5.76. The number of β-amino-alcohol motifs (C(OH)–C–C–N with tert-alkyl or cyclic N) is 1. The summed E-state index contributed by atoms with van der Waals surface area (Å²) in [5, 5.41) is 13.7. The SMILES string of the molecule is CN(CCN1CCNC1=O)CC1(O)CCN(Cc2ccccc2)C1. The molecule has 2 heterocycles. The van der Waals surface area contributed by atoms with Crippen molar-refractivity contribution in [1.29, 1.82) is 0 Å². The third kappa shape index (κ3) is 4.47. The predicted molar refractivity (Wildman–Crippen MR) is 93.8 cm³/mol. The maximum Gasteiger partial charge on any atom is 0.317 e. The van der Waals surface area contributed by atoms with Crippen molar-refractivity contribution in [1.82, 2.24) is 20.0 Å². The molecule has 2 aliphatic heterocycles. The fourth-order valence-corrected chi connectivity index (χ4v) is 3.64. The van der Waals surface area contributed by atoms with Gasteiger partial charge in [0.15, 0.2) is 0 Å². The summed E-state index contributed by atoms with van der Waals surface area (Å²) in [5.41, 5.74) is 0.631.